The van der Waals surface area contributed by atoms with Crippen LogP contribution in [0, 0.1) is 23.2 Å². The highest BCUT2D eigenvalue weighted by Crippen LogP contribution is 2.72. The third-order valence-corrected chi connectivity index (χ3v) is 21.1. The maximum absolute atomic E-state index is 13.8. The molecule has 6 aliphatic rings. The second-order valence-electron chi connectivity index (χ2n) is 27.2. The number of para-hydroxylation sites is 1. The zero-order chi connectivity index (χ0) is 69.2. The highest BCUT2D eigenvalue weighted by Gasteiger charge is 2.66. The van der Waals surface area contributed by atoms with Crippen molar-refractivity contribution in [3.05, 3.63) is 125 Å². The molecule has 5 fully saturated rings. The van der Waals surface area contributed by atoms with E-state index in [1.165, 1.54) is 34.4 Å². The van der Waals surface area contributed by atoms with Crippen LogP contribution in [-0.2, 0) is 64.7 Å². The summed E-state index contributed by atoms with van der Waals surface area (Å²) in [5.41, 5.74) is 4.55. The van der Waals surface area contributed by atoms with E-state index >= 15 is 0 Å². The molecule has 518 valence electrons. The molecule has 7 atom stereocenters. The molecule has 4 bridgehead atoms. The lowest BCUT2D eigenvalue weighted by Gasteiger charge is -2.69. The predicted molar refractivity (Wildman–Crippen MR) is 357 cm³/mol. The maximum atomic E-state index is 13.8. The summed E-state index contributed by atoms with van der Waals surface area (Å²) < 4.78 is 52.3. The van der Waals surface area contributed by atoms with Crippen molar-refractivity contribution < 1.29 is 81.7 Å². The molecule has 4 amide bonds. The minimum Gasteiger partial charge on any atom is -0.479 e. The minimum absolute atomic E-state index is 0.0290. The van der Waals surface area contributed by atoms with Gasteiger partial charge in [0.05, 0.1) is 34.3 Å². The summed E-state index contributed by atoms with van der Waals surface area (Å²) in [6, 6.07) is 21.3. The number of aromatic nitrogens is 4. The number of thiazole rings is 1. The number of nitrogens with zero attached hydrogens (tertiary/aromatic N) is 6. The fourth-order valence-electron chi connectivity index (χ4n) is 15.8. The van der Waals surface area contributed by atoms with Crippen molar-refractivity contribution in [2.24, 2.45) is 16.2 Å². The molecule has 2 aliphatic heterocycles. The van der Waals surface area contributed by atoms with Gasteiger partial charge in [-0.1, -0.05) is 68.5 Å². The summed E-state index contributed by atoms with van der Waals surface area (Å²) in [6.07, 6.45) is -1.21. The standard InChI is InChI=1S/C68H82N10O17S2/c1-6-97(90,91)71-24-11-7-8-17-52(79)69-25-22-53(80)72-48-29-41(18-20-49(48)94-62-57(83)55(81)56(82)58(95-62)61(87)88)32-92-64(89)76(5)27-28-93-68-36-65(3)33-66(4,37-68)35-67(34-65,38-68)39-78-40(2)45(30-70-78)43-19-21-51(74-54(43)60(85)86)77-26-23-42-13-12-14-44(46(42)31-77)59(84)75-63-73-47-15-9-10-16-50(47)96-63/h6,9-10,12-16,18-21,29-30,55-58,62,71,81-83H,1,7-8,11,17,22-28,31-39H2,2-5H3,(H,69,79)(H,72,80)(H,85,86)(H,87,88)(H,73,75,84)/t55-,56-,57+,58-,62+,65?,66?,67?,68?/m0/s1. The van der Waals surface area contributed by atoms with E-state index in [9.17, 15) is 62.7 Å². The van der Waals surface area contributed by atoms with Crippen molar-refractivity contribution in [1.82, 2.24) is 34.7 Å². The molecule has 4 aliphatic carbocycles. The number of unbranched alkanes of at least 4 members (excludes halogenated alkanes) is 2. The molecule has 97 heavy (non-hydrogen) atoms. The summed E-state index contributed by atoms with van der Waals surface area (Å²) in [6.45, 7) is 11.6. The van der Waals surface area contributed by atoms with Crippen LogP contribution in [0.5, 0.6) is 5.75 Å². The SMILES string of the molecule is C=CS(=O)(=O)NCCCCCC(=O)NCCC(=O)Nc1cc(COC(=O)N(C)CCOC23CC4(C)CC(C)(CC(Cn5ncc(-c6ccc(N7CCc8cccc(C(=O)Nc9nc%10ccccc%10s9)c8C7)nc6C(=O)O)c5C)(C4)C2)C3)ccc1O[C@@H]1O[C@H](C(=O)O)[C@@H](O)[C@H](O)[C@H]1O. The number of rotatable bonds is 28. The number of sulfonamides is 1. The second kappa shape index (κ2) is 28.6. The number of aromatic carboxylic acids is 1. The van der Waals surface area contributed by atoms with Gasteiger partial charge in [0.25, 0.3) is 5.91 Å². The van der Waals surface area contributed by atoms with Gasteiger partial charge in [-0.2, -0.15) is 5.10 Å². The van der Waals surface area contributed by atoms with Crippen molar-refractivity contribution in [1.29, 1.82) is 0 Å². The number of anilines is 3. The van der Waals surface area contributed by atoms with Gasteiger partial charge in [-0.05, 0) is 140 Å². The summed E-state index contributed by atoms with van der Waals surface area (Å²) in [5.74, 6) is -3.69. The third kappa shape index (κ3) is 15.9. The number of aliphatic carboxylic acids is 1. The Morgan fingerprint density at radius 2 is 1.62 bits per heavy atom. The van der Waals surface area contributed by atoms with Crippen LogP contribution in [0.3, 0.4) is 0 Å². The van der Waals surface area contributed by atoms with E-state index in [-0.39, 0.29) is 90.9 Å². The molecule has 29 heteroatoms. The van der Waals surface area contributed by atoms with Gasteiger partial charge in [-0.15, -0.1) is 0 Å². The lowest BCUT2D eigenvalue weighted by atomic mass is 9.39. The number of hydrogen-bond acceptors (Lipinski definition) is 20. The summed E-state index contributed by atoms with van der Waals surface area (Å²) in [5, 5.41) is 66.4. The molecule has 5 heterocycles. The van der Waals surface area contributed by atoms with E-state index in [1.54, 1.807) is 25.4 Å². The molecule has 9 N–H and O–H groups in total. The molecule has 3 aromatic carbocycles. The summed E-state index contributed by atoms with van der Waals surface area (Å²) in [4.78, 5) is 91.1. The number of likely N-dealkylation sites (N-methyl/N-ethyl adjacent to an activating group) is 1. The van der Waals surface area contributed by atoms with Crippen molar-refractivity contribution >= 4 is 84.0 Å². The average Bonchev–Trinajstić information content (AvgIpc) is 0.982. The van der Waals surface area contributed by atoms with Gasteiger partial charge in [0.2, 0.25) is 28.1 Å². The Kier molecular flexibility index (Phi) is 20.6. The molecule has 6 aromatic rings. The zero-order valence-electron chi connectivity index (χ0n) is 54.5. The van der Waals surface area contributed by atoms with Crippen molar-refractivity contribution in [2.75, 3.05) is 55.4 Å². The number of hydrogen-bond donors (Lipinski definition) is 9. The number of aliphatic hydroxyl groups excluding tert-OH is 3. The van der Waals surface area contributed by atoms with Gasteiger partial charge in [0.15, 0.2) is 16.9 Å². The van der Waals surface area contributed by atoms with E-state index in [1.807, 2.05) is 59.0 Å². The minimum atomic E-state index is -3.55. The Morgan fingerprint density at radius 1 is 0.845 bits per heavy atom. The number of amides is 4. The average molecular weight is 1380 g/mol. The van der Waals surface area contributed by atoms with E-state index in [0.29, 0.717) is 78.5 Å². The topological polar surface area (TPSA) is 373 Å². The lowest BCUT2D eigenvalue weighted by molar-refractivity contribution is -0.271. The maximum Gasteiger partial charge on any atom is 0.409 e. The van der Waals surface area contributed by atoms with Crippen LogP contribution in [0.1, 0.15) is 128 Å². The first-order valence-corrected chi connectivity index (χ1v) is 34.7. The van der Waals surface area contributed by atoms with E-state index < -0.39 is 70.3 Å². The number of carbonyl (C=O) groups excluding carboxylic acids is 4. The molecule has 3 aromatic heterocycles. The van der Waals surface area contributed by atoms with E-state index in [4.69, 9.17) is 29.0 Å². The number of carbonyl (C=O) groups is 6. The highest BCUT2D eigenvalue weighted by atomic mass is 32.2. The zero-order valence-corrected chi connectivity index (χ0v) is 56.1. The predicted octanol–water partition coefficient (Wildman–Crippen LogP) is 7.12. The van der Waals surface area contributed by atoms with E-state index in [2.05, 4.69) is 46.1 Å². The molecule has 1 saturated heterocycles. The first-order chi connectivity index (χ1) is 46.1. The highest BCUT2D eigenvalue weighted by molar-refractivity contribution is 7.92. The number of aliphatic hydroxyl groups is 3. The Bertz CT molecular complexity index is 4070. The van der Waals surface area contributed by atoms with Gasteiger partial charge in [0.1, 0.15) is 36.5 Å². The molecule has 12 rings (SSSR count). The van der Waals surface area contributed by atoms with Gasteiger partial charge >= 0.3 is 18.0 Å². The number of nitrogens with one attached hydrogen (secondary N) is 4. The molecule has 27 nitrogen and oxygen atoms in total. The van der Waals surface area contributed by atoms with Gasteiger partial charge in [0, 0.05) is 87.0 Å². The molecular weight excluding hydrogens is 1290 g/mol. The summed E-state index contributed by atoms with van der Waals surface area (Å²) in [7, 11) is -1.96. The Morgan fingerprint density at radius 3 is 2.36 bits per heavy atom. The number of benzene rings is 3. The Balaban J connectivity index is 0.707. The normalized spacial score (nSPS) is 24.9. The Labute approximate surface area is 564 Å². The summed E-state index contributed by atoms with van der Waals surface area (Å²) >= 11 is 1.40. The monoisotopic (exact) mass is 1370 g/mol. The van der Waals surface area contributed by atoms with Crippen LogP contribution in [-0.4, -0.2) is 170 Å². The molecule has 0 radical (unpaired) electrons. The number of ether oxygens (including phenoxy) is 4. The van der Waals surface area contributed by atoms with Gasteiger partial charge in [-0.3, -0.25) is 24.4 Å². The van der Waals surface area contributed by atoms with Crippen molar-refractivity contribution in [3.8, 4) is 16.9 Å². The number of carboxylic acid groups (broad SMARTS) is 2. The number of pyridine rings is 1. The van der Waals surface area contributed by atoms with Crippen LogP contribution < -0.4 is 30.3 Å². The van der Waals surface area contributed by atoms with Crippen LogP contribution in [0.25, 0.3) is 21.3 Å². The molecule has 0 spiro atoms. The molecule has 2 unspecified atom stereocenters. The van der Waals surface area contributed by atoms with Crippen molar-refractivity contribution in [2.45, 2.75) is 154 Å². The van der Waals surface area contributed by atoms with Crippen LogP contribution in [0.4, 0.5) is 21.4 Å². The fraction of sp³-hybridized carbons (Fsp3) is 0.485. The number of fused-ring (bicyclic) bond motifs is 2. The number of carboxylic acids is 2. The van der Waals surface area contributed by atoms with E-state index in [0.717, 1.165) is 71.0 Å². The first-order valence-electron chi connectivity index (χ1n) is 32.4. The van der Waals surface area contributed by atoms with Gasteiger partial charge in [-0.25, -0.2) is 37.5 Å². The quantitative estimate of drug-likeness (QED) is 0.0221. The molecular formula is C68H82N10O17S2. The second-order valence-corrected chi connectivity index (χ2v) is 29.9. The van der Waals surface area contributed by atoms with Crippen LogP contribution in [0.15, 0.2) is 91.0 Å². The van der Waals surface area contributed by atoms with Gasteiger partial charge < -0.3 is 64.9 Å². The smallest absolute Gasteiger partial charge is 0.409 e. The van der Waals surface area contributed by atoms with Crippen LogP contribution in [0.2, 0.25) is 0 Å². The Hall–Kier alpha value is -8.42. The first kappa shape index (κ1) is 69.9. The fourth-order valence-corrected chi connectivity index (χ4v) is 17.2. The lowest BCUT2D eigenvalue weighted by Crippen LogP contribution is -2.64. The molecule has 4 saturated carbocycles. The third-order valence-electron chi connectivity index (χ3n) is 19.1. The largest absolute Gasteiger partial charge is 0.479 e. The van der Waals surface area contributed by atoms with Crippen molar-refractivity contribution in [3.63, 3.8) is 0 Å². The van der Waals surface area contributed by atoms with Crippen LogP contribution >= 0.6 is 11.3 Å².